The van der Waals surface area contributed by atoms with Gasteiger partial charge >= 0.3 is 0 Å². The van der Waals surface area contributed by atoms with E-state index in [-0.39, 0.29) is 18.3 Å². The van der Waals surface area contributed by atoms with Crippen molar-refractivity contribution in [3.63, 3.8) is 0 Å². The quantitative estimate of drug-likeness (QED) is 0.731. The minimum Gasteiger partial charge on any atom is -0.396 e. The summed E-state index contributed by atoms with van der Waals surface area (Å²) >= 11 is 0. The molecule has 1 unspecified atom stereocenters. The van der Waals surface area contributed by atoms with Crippen LogP contribution in [-0.4, -0.2) is 11.7 Å². The second kappa shape index (κ2) is 4.21. The van der Waals surface area contributed by atoms with Gasteiger partial charge in [0.05, 0.1) is 0 Å². The standard InChI is InChI=1S/C10H12FO/c1-2-8(7-12)9-3-5-10(11)6-4-9/h3-6,8,12H,1-2,7H2. The lowest BCUT2D eigenvalue weighted by molar-refractivity contribution is 0.265. The van der Waals surface area contributed by atoms with Crippen molar-refractivity contribution in [2.75, 3.05) is 6.61 Å². The number of benzene rings is 1. The number of halogens is 1. The molecule has 0 spiro atoms. The Hall–Kier alpha value is -0.890. The van der Waals surface area contributed by atoms with Crippen LogP contribution in [0.2, 0.25) is 0 Å². The molecule has 1 N–H and O–H groups in total. The summed E-state index contributed by atoms with van der Waals surface area (Å²) in [5.41, 5.74) is 0.939. The van der Waals surface area contributed by atoms with Gasteiger partial charge in [-0.1, -0.05) is 19.1 Å². The minimum atomic E-state index is -0.250. The average molecular weight is 167 g/mol. The van der Waals surface area contributed by atoms with E-state index in [2.05, 4.69) is 6.92 Å². The molecule has 1 nitrogen and oxygen atoms in total. The largest absolute Gasteiger partial charge is 0.396 e. The topological polar surface area (TPSA) is 20.2 Å². The summed E-state index contributed by atoms with van der Waals surface area (Å²) in [6, 6.07) is 6.16. The zero-order chi connectivity index (χ0) is 8.97. The Morgan fingerprint density at radius 3 is 2.33 bits per heavy atom. The fourth-order valence-electron chi connectivity index (χ4n) is 1.10. The fraction of sp³-hybridized carbons (Fsp3) is 0.300. The van der Waals surface area contributed by atoms with Gasteiger partial charge < -0.3 is 5.11 Å². The third-order valence-corrected chi connectivity index (χ3v) is 1.91. The van der Waals surface area contributed by atoms with Crippen LogP contribution in [0.25, 0.3) is 0 Å². The number of aliphatic hydroxyl groups excluding tert-OH is 1. The highest BCUT2D eigenvalue weighted by molar-refractivity contribution is 5.20. The molecule has 0 aliphatic carbocycles. The molecule has 1 radical (unpaired) electrons. The smallest absolute Gasteiger partial charge is 0.123 e. The van der Waals surface area contributed by atoms with Gasteiger partial charge in [-0.25, -0.2) is 4.39 Å². The summed E-state index contributed by atoms with van der Waals surface area (Å²) in [6.07, 6.45) is 0.627. The Balaban J connectivity index is 2.80. The number of aliphatic hydroxyl groups is 1. The highest BCUT2D eigenvalue weighted by Gasteiger charge is 2.06. The summed E-state index contributed by atoms with van der Waals surface area (Å²) in [5.74, 6) is -0.217. The van der Waals surface area contributed by atoms with Gasteiger partial charge in [0.15, 0.2) is 0 Å². The maximum Gasteiger partial charge on any atom is 0.123 e. The Morgan fingerprint density at radius 2 is 1.92 bits per heavy atom. The van der Waals surface area contributed by atoms with Crippen LogP contribution in [-0.2, 0) is 0 Å². The molecule has 2 heteroatoms. The van der Waals surface area contributed by atoms with Crippen LogP contribution in [0.1, 0.15) is 17.9 Å². The summed E-state index contributed by atoms with van der Waals surface area (Å²) < 4.78 is 12.5. The van der Waals surface area contributed by atoms with E-state index in [0.717, 1.165) is 5.56 Å². The van der Waals surface area contributed by atoms with Gasteiger partial charge in [-0.3, -0.25) is 0 Å². The predicted octanol–water partition coefficient (Wildman–Crippen LogP) is 2.13. The molecule has 0 aliphatic heterocycles. The molecule has 0 heterocycles. The van der Waals surface area contributed by atoms with Crippen molar-refractivity contribution < 1.29 is 9.50 Å². The van der Waals surface area contributed by atoms with E-state index in [1.807, 2.05) is 0 Å². The van der Waals surface area contributed by atoms with Gasteiger partial charge in [0.2, 0.25) is 0 Å². The Morgan fingerprint density at radius 1 is 1.33 bits per heavy atom. The molecule has 0 aliphatic rings. The molecule has 0 aromatic heterocycles. The lowest BCUT2D eigenvalue weighted by Gasteiger charge is -2.10. The minimum absolute atomic E-state index is 0.0330. The molecule has 0 amide bonds. The van der Waals surface area contributed by atoms with Gasteiger partial charge in [0, 0.05) is 12.5 Å². The highest BCUT2D eigenvalue weighted by Crippen LogP contribution is 2.18. The Kier molecular flexibility index (Phi) is 3.23. The molecule has 65 valence electrons. The molecular formula is C10H12FO. The molecule has 1 atom stereocenters. The molecule has 0 fully saturated rings. The first kappa shape index (κ1) is 9.20. The van der Waals surface area contributed by atoms with E-state index < -0.39 is 0 Å². The maximum atomic E-state index is 12.5. The van der Waals surface area contributed by atoms with Gasteiger partial charge in [-0.2, -0.15) is 0 Å². The van der Waals surface area contributed by atoms with Gasteiger partial charge in [-0.15, -0.1) is 0 Å². The summed E-state index contributed by atoms with van der Waals surface area (Å²) in [6.45, 7) is 3.77. The average Bonchev–Trinajstić information content (AvgIpc) is 2.10. The van der Waals surface area contributed by atoms with Crippen LogP contribution in [0.5, 0.6) is 0 Å². The van der Waals surface area contributed by atoms with Gasteiger partial charge in [0.25, 0.3) is 0 Å². The van der Waals surface area contributed by atoms with Crippen LogP contribution >= 0.6 is 0 Å². The first-order chi connectivity index (χ1) is 5.77. The fourth-order valence-corrected chi connectivity index (χ4v) is 1.10. The summed E-state index contributed by atoms with van der Waals surface area (Å²) in [5, 5.41) is 8.92. The van der Waals surface area contributed by atoms with Crippen LogP contribution in [0.15, 0.2) is 24.3 Å². The lowest BCUT2D eigenvalue weighted by atomic mass is 9.98. The van der Waals surface area contributed by atoms with Crippen molar-refractivity contribution in [3.05, 3.63) is 42.6 Å². The lowest BCUT2D eigenvalue weighted by Crippen LogP contribution is -2.02. The van der Waals surface area contributed by atoms with E-state index in [0.29, 0.717) is 6.42 Å². The summed E-state index contributed by atoms with van der Waals surface area (Å²) in [4.78, 5) is 0. The van der Waals surface area contributed by atoms with Gasteiger partial charge in [-0.05, 0) is 24.1 Å². The molecule has 1 aromatic rings. The molecular weight excluding hydrogens is 155 g/mol. The molecule has 0 bridgehead atoms. The van der Waals surface area contributed by atoms with E-state index in [4.69, 9.17) is 5.11 Å². The molecule has 1 rings (SSSR count). The Labute approximate surface area is 71.9 Å². The Bertz CT molecular complexity index is 226. The zero-order valence-corrected chi connectivity index (χ0v) is 6.83. The van der Waals surface area contributed by atoms with E-state index >= 15 is 0 Å². The monoisotopic (exact) mass is 167 g/mol. The molecule has 0 saturated heterocycles. The van der Waals surface area contributed by atoms with Crippen molar-refractivity contribution in [2.24, 2.45) is 0 Å². The second-order valence-corrected chi connectivity index (χ2v) is 2.72. The van der Waals surface area contributed by atoms with Crippen LogP contribution in [0.3, 0.4) is 0 Å². The maximum absolute atomic E-state index is 12.5. The van der Waals surface area contributed by atoms with Crippen LogP contribution < -0.4 is 0 Å². The van der Waals surface area contributed by atoms with Crippen LogP contribution in [0.4, 0.5) is 4.39 Å². The predicted molar refractivity (Wildman–Crippen MR) is 46.2 cm³/mol. The van der Waals surface area contributed by atoms with Gasteiger partial charge in [0.1, 0.15) is 5.82 Å². The third-order valence-electron chi connectivity index (χ3n) is 1.91. The number of hydrogen-bond donors (Lipinski definition) is 1. The zero-order valence-electron chi connectivity index (χ0n) is 6.83. The number of rotatable bonds is 3. The summed E-state index contributed by atoms with van der Waals surface area (Å²) in [7, 11) is 0. The van der Waals surface area contributed by atoms with E-state index in [1.54, 1.807) is 12.1 Å². The van der Waals surface area contributed by atoms with Crippen molar-refractivity contribution in [2.45, 2.75) is 12.3 Å². The third kappa shape index (κ3) is 2.05. The van der Waals surface area contributed by atoms with Crippen molar-refractivity contribution >= 4 is 0 Å². The molecule has 12 heavy (non-hydrogen) atoms. The normalized spacial score (nSPS) is 12.9. The highest BCUT2D eigenvalue weighted by atomic mass is 19.1. The SMILES string of the molecule is [CH2]CC(CO)c1ccc(F)cc1. The van der Waals surface area contributed by atoms with Crippen molar-refractivity contribution in [1.29, 1.82) is 0 Å². The van der Waals surface area contributed by atoms with Crippen molar-refractivity contribution in [3.8, 4) is 0 Å². The van der Waals surface area contributed by atoms with E-state index in [9.17, 15) is 4.39 Å². The number of hydrogen-bond acceptors (Lipinski definition) is 1. The van der Waals surface area contributed by atoms with Crippen molar-refractivity contribution in [1.82, 2.24) is 0 Å². The van der Waals surface area contributed by atoms with E-state index in [1.165, 1.54) is 12.1 Å². The van der Waals surface area contributed by atoms with Crippen LogP contribution in [0, 0.1) is 12.7 Å². The first-order valence-electron chi connectivity index (χ1n) is 3.93. The second-order valence-electron chi connectivity index (χ2n) is 2.72. The first-order valence-corrected chi connectivity index (χ1v) is 3.93. The molecule has 0 saturated carbocycles. The molecule has 1 aromatic carbocycles.